The predicted octanol–water partition coefficient (Wildman–Crippen LogP) is 5.03. The van der Waals surface area contributed by atoms with E-state index in [0.29, 0.717) is 10.6 Å². The first-order valence-electron chi connectivity index (χ1n) is 13.7. The van der Waals surface area contributed by atoms with Crippen LogP contribution in [0.3, 0.4) is 0 Å². The van der Waals surface area contributed by atoms with Crippen LogP contribution in [-0.2, 0) is 37.0 Å². The summed E-state index contributed by atoms with van der Waals surface area (Å²) in [5.74, 6) is -1.42. The number of aliphatic hydroxyl groups is 1. The maximum atomic E-state index is 12.2. The van der Waals surface area contributed by atoms with Crippen LogP contribution in [0.15, 0.2) is 77.7 Å². The number of hydrogen-bond donors (Lipinski definition) is 3. The molecule has 4 rings (SSSR count). The molecule has 0 spiro atoms. The van der Waals surface area contributed by atoms with Crippen LogP contribution in [0.4, 0.5) is 0 Å². The Morgan fingerprint density at radius 2 is 1.60 bits per heavy atom. The molecule has 0 aromatic heterocycles. The van der Waals surface area contributed by atoms with E-state index < -0.39 is 24.3 Å². The van der Waals surface area contributed by atoms with Gasteiger partial charge in [0.1, 0.15) is 0 Å². The van der Waals surface area contributed by atoms with Gasteiger partial charge in [0.05, 0.1) is 24.4 Å². The third-order valence-corrected chi connectivity index (χ3v) is 8.24. The van der Waals surface area contributed by atoms with E-state index in [0.717, 1.165) is 22.3 Å². The van der Waals surface area contributed by atoms with Crippen LogP contribution in [0.5, 0.6) is 0 Å². The van der Waals surface area contributed by atoms with Crippen LogP contribution in [0, 0.1) is 5.92 Å². The molecule has 0 saturated carbocycles. The molecule has 9 nitrogen and oxygen atoms in total. The number of benzene rings is 3. The van der Waals surface area contributed by atoms with Crippen molar-refractivity contribution in [3.63, 3.8) is 0 Å². The number of carbonyl (C=O) groups excluding carboxylic acids is 2. The smallest absolute Gasteiger partial charge is 0.336 e. The first-order valence-corrected chi connectivity index (χ1v) is 14.6. The highest BCUT2D eigenvalue weighted by molar-refractivity contribution is 7.99. The lowest BCUT2D eigenvalue weighted by atomic mass is 9.91. The zero-order chi connectivity index (χ0) is 30.2. The van der Waals surface area contributed by atoms with E-state index in [9.17, 15) is 24.6 Å². The van der Waals surface area contributed by atoms with Crippen molar-refractivity contribution in [1.82, 2.24) is 5.32 Å². The molecule has 0 bridgehead atoms. The number of rotatable bonds is 11. The van der Waals surface area contributed by atoms with Crippen LogP contribution >= 0.6 is 11.8 Å². The number of nitrogens with one attached hydrogen (secondary N) is 1. The summed E-state index contributed by atoms with van der Waals surface area (Å²) in [5, 5.41) is 21.8. The van der Waals surface area contributed by atoms with Crippen LogP contribution in [0.25, 0.3) is 0 Å². The van der Waals surface area contributed by atoms with E-state index in [-0.39, 0.29) is 42.7 Å². The van der Waals surface area contributed by atoms with Crippen molar-refractivity contribution in [3.8, 4) is 0 Å². The van der Waals surface area contributed by atoms with Crippen LogP contribution in [-0.4, -0.2) is 46.0 Å². The molecule has 3 aromatic rings. The number of carboxylic acids is 1. The van der Waals surface area contributed by atoms with Crippen molar-refractivity contribution in [1.29, 1.82) is 0 Å². The minimum absolute atomic E-state index is 0.0508. The summed E-state index contributed by atoms with van der Waals surface area (Å²) in [6.07, 6.45) is -2.14. The Morgan fingerprint density at radius 3 is 2.24 bits per heavy atom. The molecule has 3 aromatic carbocycles. The van der Waals surface area contributed by atoms with Crippen LogP contribution in [0.2, 0.25) is 0 Å². The molecule has 1 saturated heterocycles. The first-order chi connectivity index (χ1) is 20.2. The van der Waals surface area contributed by atoms with Gasteiger partial charge in [0.25, 0.3) is 5.91 Å². The van der Waals surface area contributed by atoms with Crippen molar-refractivity contribution >= 4 is 29.6 Å². The number of ether oxygens (including phenoxy) is 3. The minimum Gasteiger partial charge on any atom is -0.478 e. The van der Waals surface area contributed by atoms with E-state index in [2.05, 4.69) is 12.2 Å². The third-order valence-electron chi connectivity index (χ3n) is 7.07. The van der Waals surface area contributed by atoms with Gasteiger partial charge in [-0.15, -0.1) is 11.8 Å². The van der Waals surface area contributed by atoms with Gasteiger partial charge in [0, 0.05) is 35.6 Å². The SMILES string of the molecule is CC(=O)O[C@@H](C)C(=O)NCc1ccc([C@H]2O[C@@H](CSc3ccccc3C(=O)O)[C@@H](C)[C@@H](c3ccc(CO)cc3)O2)cc1. The number of carboxylic acid groups (broad SMARTS) is 1. The summed E-state index contributed by atoms with van der Waals surface area (Å²) < 4.78 is 17.9. The topological polar surface area (TPSA) is 131 Å². The monoisotopic (exact) mass is 593 g/mol. The van der Waals surface area contributed by atoms with Gasteiger partial charge in [-0.05, 0) is 35.7 Å². The molecule has 1 fully saturated rings. The second-order valence-electron chi connectivity index (χ2n) is 10.1. The number of esters is 1. The van der Waals surface area contributed by atoms with Gasteiger partial charge in [-0.25, -0.2) is 4.79 Å². The maximum Gasteiger partial charge on any atom is 0.336 e. The Morgan fingerprint density at radius 1 is 0.952 bits per heavy atom. The normalized spacial score (nSPS) is 20.9. The van der Waals surface area contributed by atoms with Gasteiger partial charge in [0.15, 0.2) is 12.4 Å². The minimum atomic E-state index is -0.976. The Labute approximate surface area is 249 Å². The molecule has 5 atom stereocenters. The number of amides is 1. The lowest BCUT2D eigenvalue weighted by Gasteiger charge is -2.41. The number of aliphatic hydroxyl groups excluding tert-OH is 1. The molecule has 0 unspecified atom stereocenters. The van der Waals surface area contributed by atoms with Gasteiger partial charge < -0.3 is 29.7 Å². The summed E-state index contributed by atoms with van der Waals surface area (Å²) in [7, 11) is 0. The maximum absolute atomic E-state index is 12.2. The Kier molecular flexibility index (Phi) is 10.8. The molecular formula is C32H35NO8S. The molecule has 3 N–H and O–H groups in total. The Bertz CT molecular complexity index is 1380. The number of thioether (sulfide) groups is 1. The van der Waals surface area contributed by atoms with Crippen LogP contribution < -0.4 is 5.32 Å². The quantitative estimate of drug-likeness (QED) is 0.207. The van der Waals surface area contributed by atoms with Crippen molar-refractivity contribution < 1.29 is 38.8 Å². The van der Waals surface area contributed by atoms with Gasteiger partial charge in [-0.2, -0.15) is 0 Å². The average molecular weight is 594 g/mol. The predicted molar refractivity (Wildman–Crippen MR) is 157 cm³/mol. The van der Waals surface area contributed by atoms with E-state index in [4.69, 9.17) is 14.2 Å². The van der Waals surface area contributed by atoms with Crippen molar-refractivity contribution in [2.45, 2.75) is 63.4 Å². The molecule has 0 aliphatic carbocycles. The number of aromatic carboxylic acids is 1. The first kappa shape index (κ1) is 31.2. The highest BCUT2D eigenvalue weighted by Gasteiger charge is 2.38. The van der Waals surface area contributed by atoms with Gasteiger partial charge in [-0.1, -0.05) is 67.6 Å². The zero-order valence-corrected chi connectivity index (χ0v) is 24.5. The molecule has 1 amide bonds. The zero-order valence-electron chi connectivity index (χ0n) is 23.7. The van der Waals surface area contributed by atoms with E-state index >= 15 is 0 Å². The van der Waals surface area contributed by atoms with Gasteiger partial charge in [0.2, 0.25) is 0 Å². The highest BCUT2D eigenvalue weighted by atomic mass is 32.2. The summed E-state index contributed by atoms with van der Waals surface area (Å²) in [4.78, 5) is 35.7. The molecule has 1 aliphatic rings. The Balaban J connectivity index is 1.51. The summed E-state index contributed by atoms with van der Waals surface area (Å²) in [6.45, 7) is 5.03. The van der Waals surface area contributed by atoms with E-state index in [1.54, 1.807) is 18.2 Å². The summed E-state index contributed by atoms with van der Waals surface area (Å²) in [5.41, 5.74) is 3.65. The largest absolute Gasteiger partial charge is 0.478 e. The fraction of sp³-hybridized carbons (Fsp3) is 0.344. The van der Waals surface area contributed by atoms with E-state index in [1.807, 2.05) is 54.6 Å². The molecule has 222 valence electrons. The summed E-state index contributed by atoms with van der Waals surface area (Å²) in [6, 6.07) is 22.0. The highest BCUT2D eigenvalue weighted by Crippen LogP contribution is 2.43. The fourth-order valence-corrected chi connectivity index (χ4v) is 5.89. The van der Waals surface area contributed by atoms with Gasteiger partial charge in [-0.3, -0.25) is 9.59 Å². The van der Waals surface area contributed by atoms with Crippen molar-refractivity contribution in [2.24, 2.45) is 5.92 Å². The number of hydrogen-bond acceptors (Lipinski definition) is 8. The van der Waals surface area contributed by atoms with Crippen LogP contribution in [0.1, 0.15) is 65.8 Å². The van der Waals surface area contributed by atoms with Crippen molar-refractivity contribution in [3.05, 3.63) is 101 Å². The molecule has 0 radical (unpaired) electrons. The summed E-state index contributed by atoms with van der Waals surface area (Å²) >= 11 is 1.44. The lowest BCUT2D eigenvalue weighted by molar-refractivity contribution is -0.268. The molecule has 10 heteroatoms. The average Bonchev–Trinajstić information content (AvgIpc) is 2.99. The second-order valence-corrected chi connectivity index (χ2v) is 11.2. The fourth-order valence-electron chi connectivity index (χ4n) is 4.68. The number of carbonyl (C=O) groups is 3. The molecule has 42 heavy (non-hydrogen) atoms. The standard InChI is InChI=1S/C32H35NO8S/c1-19-27(18-42-28-7-5-4-6-26(28)31(37)38)40-32(41-29(19)24-12-10-23(17-34)11-13-24)25-14-8-22(9-15-25)16-33-30(36)20(2)39-21(3)35/h4-15,19-20,27,29,32,34H,16-18H2,1-3H3,(H,33,36)(H,37,38)/t19-,20+,27+,29+,32+/m1/s1. The lowest BCUT2D eigenvalue weighted by Crippen LogP contribution is -2.38. The molecule has 1 aliphatic heterocycles. The molecule has 1 heterocycles. The second kappa shape index (κ2) is 14.5. The Hall–Kier alpha value is -3.70. The van der Waals surface area contributed by atoms with Crippen molar-refractivity contribution in [2.75, 3.05) is 5.75 Å². The van der Waals surface area contributed by atoms with E-state index in [1.165, 1.54) is 25.6 Å². The van der Waals surface area contributed by atoms with Gasteiger partial charge >= 0.3 is 11.9 Å². The third kappa shape index (κ3) is 7.98. The molecular weight excluding hydrogens is 558 g/mol.